The summed E-state index contributed by atoms with van der Waals surface area (Å²) in [4.78, 5) is 39.8. The lowest BCUT2D eigenvalue weighted by Gasteiger charge is -2.22. The van der Waals surface area contributed by atoms with Gasteiger partial charge in [-0.25, -0.2) is 0 Å². The summed E-state index contributed by atoms with van der Waals surface area (Å²) in [5.74, 6) is -1.19. The highest BCUT2D eigenvalue weighted by Crippen LogP contribution is 2.19. The first-order valence-corrected chi connectivity index (χ1v) is 10.9. The van der Waals surface area contributed by atoms with Crippen LogP contribution in [0, 0.1) is 0 Å². The number of nitrogens with zero attached hydrogens (tertiary/aromatic N) is 1. The van der Waals surface area contributed by atoms with E-state index in [4.69, 9.17) is 4.74 Å². The third kappa shape index (κ3) is 5.85. The van der Waals surface area contributed by atoms with Crippen molar-refractivity contribution in [3.63, 3.8) is 0 Å². The maximum Gasteiger partial charge on any atom is 0.313 e. The molecule has 1 aliphatic heterocycles. The van der Waals surface area contributed by atoms with E-state index < -0.39 is 11.8 Å². The van der Waals surface area contributed by atoms with E-state index in [0.717, 1.165) is 31.5 Å². The van der Waals surface area contributed by atoms with Crippen LogP contribution in [0.4, 0.5) is 5.69 Å². The van der Waals surface area contributed by atoms with Crippen LogP contribution in [0.5, 0.6) is 5.75 Å². The molecule has 3 N–H and O–H groups in total. The molecule has 1 saturated heterocycles. The van der Waals surface area contributed by atoms with Gasteiger partial charge >= 0.3 is 11.8 Å². The minimum atomic E-state index is -0.795. The molecule has 1 atom stereocenters. The third-order valence-electron chi connectivity index (χ3n) is 5.66. The number of amides is 3. The van der Waals surface area contributed by atoms with Gasteiger partial charge in [-0.1, -0.05) is 37.3 Å². The van der Waals surface area contributed by atoms with E-state index in [1.165, 1.54) is 0 Å². The molecule has 0 unspecified atom stereocenters. The Bertz CT molecular complexity index is 963. The predicted octanol–water partition coefficient (Wildman–Crippen LogP) is 2.16. The van der Waals surface area contributed by atoms with Gasteiger partial charge < -0.3 is 20.7 Å². The maximum absolute atomic E-state index is 12.7. The van der Waals surface area contributed by atoms with E-state index >= 15 is 0 Å². The van der Waals surface area contributed by atoms with Crippen molar-refractivity contribution < 1.29 is 19.1 Å². The number of para-hydroxylation sites is 2. The van der Waals surface area contributed by atoms with Crippen molar-refractivity contribution in [3.8, 4) is 5.75 Å². The molecular formula is C24H30N4O4. The average molecular weight is 439 g/mol. The van der Waals surface area contributed by atoms with E-state index in [2.05, 4.69) is 27.8 Å². The molecule has 3 amide bonds. The smallest absolute Gasteiger partial charge is 0.313 e. The first-order valence-electron chi connectivity index (χ1n) is 10.9. The zero-order valence-corrected chi connectivity index (χ0v) is 18.5. The standard InChI is InChI=1S/C24H30N4O4/c1-3-28-14-8-10-18(28)16-26-23(30)24(31)27-20-12-6-5-11-19(20)22(29)25-15-17-9-4-7-13-21(17)32-2/h4-7,9,11-13,18H,3,8,10,14-16H2,1-2H3,(H,25,29)(H,26,30)(H,27,31)/t18-/m0/s1. The molecule has 0 saturated carbocycles. The Labute approximate surface area is 188 Å². The van der Waals surface area contributed by atoms with Gasteiger partial charge in [-0.05, 0) is 44.1 Å². The van der Waals surface area contributed by atoms with Gasteiger partial charge in [0.25, 0.3) is 5.91 Å². The summed E-state index contributed by atoms with van der Waals surface area (Å²) in [6, 6.07) is 14.2. The predicted molar refractivity (Wildman–Crippen MR) is 123 cm³/mol. The van der Waals surface area contributed by atoms with Crippen LogP contribution in [0.2, 0.25) is 0 Å². The van der Waals surface area contributed by atoms with Crippen LogP contribution in [0.25, 0.3) is 0 Å². The SMILES string of the molecule is CCN1CCC[C@H]1CNC(=O)C(=O)Nc1ccccc1C(=O)NCc1ccccc1OC. The fourth-order valence-corrected chi connectivity index (χ4v) is 3.92. The lowest BCUT2D eigenvalue weighted by atomic mass is 10.1. The fraction of sp³-hybridized carbons (Fsp3) is 0.375. The van der Waals surface area contributed by atoms with Gasteiger partial charge in [-0.15, -0.1) is 0 Å². The van der Waals surface area contributed by atoms with E-state index in [1.807, 2.05) is 24.3 Å². The van der Waals surface area contributed by atoms with Crippen LogP contribution in [-0.2, 0) is 16.1 Å². The second-order valence-electron chi connectivity index (χ2n) is 7.63. The van der Waals surface area contributed by atoms with E-state index in [1.54, 1.807) is 31.4 Å². The monoisotopic (exact) mass is 438 g/mol. The maximum atomic E-state index is 12.7. The molecule has 8 nitrogen and oxygen atoms in total. The van der Waals surface area contributed by atoms with Crippen molar-refractivity contribution in [2.45, 2.75) is 32.4 Å². The lowest BCUT2D eigenvalue weighted by Crippen LogP contribution is -2.43. The number of ether oxygens (including phenoxy) is 1. The van der Waals surface area contributed by atoms with Crippen LogP contribution < -0.4 is 20.7 Å². The number of carbonyl (C=O) groups is 3. The number of benzene rings is 2. The fourth-order valence-electron chi connectivity index (χ4n) is 3.92. The highest BCUT2D eigenvalue weighted by atomic mass is 16.5. The molecule has 2 aromatic carbocycles. The highest BCUT2D eigenvalue weighted by molar-refractivity contribution is 6.40. The zero-order valence-electron chi connectivity index (χ0n) is 18.5. The van der Waals surface area contributed by atoms with E-state index in [9.17, 15) is 14.4 Å². The zero-order chi connectivity index (χ0) is 22.9. The Kier molecular flexibility index (Phi) is 8.21. The van der Waals surface area contributed by atoms with Crippen molar-refractivity contribution in [2.24, 2.45) is 0 Å². The third-order valence-corrected chi connectivity index (χ3v) is 5.66. The number of likely N-dealkylation sites (N-methyl/N-ethyl adjacent to an activating group) is 1. The number of likely N-dealkylation sites (tertiary alicyclic amines) is 1. The average Bonchev–Trinajstić information content (AvgIpc) is 3.29. The summed E-state index contributed by atoms with van der Waals surface area (Å²) >= 11 is 0. The molecule has 8 heteroatoms. The van der Waals surface area contributed by atoms with E-state index in [0.29, 0.717) is 12.3 Å². The molecule has 0 aliphatic carbocycles. The number of methoxy groups -OCH3 is 1. The second-order valence-corrected chi connectivity index (χ2v) is 7.63. The molecule has 0 radical (unpaired) electrons. The molecular weight excluding hydrogens is 408 g/mol. The summed E-state index contributed by atoms with van der Waals surface area (Å²) < 4.78 is 5.30. The van der Waals surface area contributed by atoms with Crippen molar-refractivity contribution in [2.75, 3.05) is 32.1 Å². The van der Waals surface area contributed by atoms with Gasteiger partial charge in [0.1, 0.15) is 5.75 Å². The Hall–Kier alpha value is -3.39. The van der Waals surface area contributed by atoms with Gasteiger partial charge in [-0.2, -0.15) is 0 Å². The van der Waals surface area contributed by atoms with Crippen LogP contribution in [0.3, 0.4) is 0 Å². The molecule has 3 rings (SSSR count). The second kappa shape index (κ2) is 11.3. The lowest BCUT2D eigenvalue weighted by molar-refractivity contribution is -0.136. The van der Waals surface area contributed by atoms with Crippen LogP contribution >= 0.6 is 0 Å². The molecule has 0 spiro atoms. The Morgan fingerprint density at radius 1 is 1.03 bits per heavy atom. The van der Waals surface area contributed by atoms with Crippen LogP contribution in [-0.4, -0.2) is 55.4 Å². The minimum Gasteiger partial charge on any atom is -0.496 e. The topological polar surface area (TPSA) is 99.8 Å². The van der Waals surface area contributed by atoms with Gasteiger partial charge in [0.2, 0.25) is 0 Å². The molecule has 0 aromatic heterocycles. The van der Waals surface area contributed by atoms with Crippen LogP contribution in [0.15, 0.2) is 48.5 Å². The minimum absolute atomic E-state index is 0.254. The molecule has 170 valence electrons. The summed E-state index contributed by atoms with van der Waals surface area (Å²) in [5, 5.41) is 8.10. The highest BCUT2D eigenvalue weighted by Gasteiger charge is 2.25. The molecule has 2 aromatic rings. The number of hydrogen-bond acceptors (Lipinski definition) is 5. The van der Waals surface area contributed by atoms with Crippen molar-refractivity contribution in [1.29, 1.82) is 0 Å². The van der Waals surface area contributed by atoms with Gasteiger partial charge in [-0.3, -0.25) is 19.3 Å². The first-order chi connectivity index (χ1) is 15.5. The van der Waals surface area contributed by atoms with Gasteiger partial charge in [0, 0.05) is 24.7 Å². The van der Waals surface area contributed by atoms with Crippen molar-refractivity contribution in [1.82, 2.24) is 15.5 Å². The Balaban J connectivity index is 1.58. The largest absolute Gasteiger partial charge is 0.496 e. The molecule has 0 bridgehead atoms. The first kappa shape index (κ1) is 23.3. The summed E-state index contributed by atoms with van der Waals surface area (Å²) in [6.07, 6.45) is 2.10. The number of rotatable bonds is 8. The van der Waals surface area contributed by atoms with E-state index in [-0.39, 0.29) is 29.7 Å². The summed E-state index contributed by atoms with van der Waals surface area (Å²) in [6.45, 7) is 4.72. The number of nitrogens with one attached hydrogen (secondary N) is 3. The summed E-state index contributed by atoms with van der Waals surface area (Å²) in [7, 11) is 1.57. The van der Waals surface area contributed by atoms with Crippen molar-refractivity contribution in [3.05, 3.63) is 59.7 Å². The van der Waals surface area contributed by atoms with Crippen LogP contribution in [0.1, 0.15) is 35.7 Å². The quantitative estimate of drug-likeness (QED) is 0.549. The van der Waals surface area contributed by atoms with Gasteiger partial charge in [0.15, 0.2) is 0 Å². The normalized spacial score (nSPS) is 15.8. The summed E-state index contributed by atoms with van der Waals surface area (Å²) in [5.41, 5.74) is 1.38. The molecule has 1 fully saturated rings. The number of carbonyl (C=O) groups excluding carboxylic acids is 3. The Morgan fingerprint density at radius 2 is 1.78 bits per heavy atom. The van der Waals surface area contributed by atoms with Gasteiger partial charge in [0.05, 0.1) is 18.4 Å². The Morgan fingerprint density at radius 3 is 2.56 bits per heavy atom. The molecule has 1 aliphatic rings. The number of anilines is 1. The molecule has 32 heavy (non-hydrogen) atoms. The molecule has 1 heterocycles. The number of hydrogen-bond donors (Lipinski definition) is 3. The van der Waals surface area contributed by atoms with Crippen molar-refractivity contribution >= 4 is 23.4 Å².